The normalized spacial score (nSPS) is 11.2. The topological polar surface area (TPSA) is 38.5 Å². The molecule has 0 amide bonds. The predicted octanol–water partition coefficient (Wildman–Crippen LogP) is 2.18. The quantitative estimate of drug-likeness (QED) is 0.768. The lowest BCUT2D eigenvalue weighted by Crippen LogP contribution is -2.33. The van der Waals surface area contributed by atoms with E-state index in [0.29, 0.717) is 11.0 Å². The molecule has 1 rings (SSSR count). The molecule has 0 unspecified atom stereocenters. The maximum absolute atomic E-state index is 5.58. The zero-order chi connectivity index (χ0) is 13.5. The van der Waals surface area contributed by atoms with E-state index >= 15 is 0 Å². The highest BCUT2D eigenvalue weighted by atomic mass is 32.1. The number of nitrogens with two attached hydrogens (primary N) is 1. The molecule has 2 N–H and O–H groups in total. The van der Waals surface area contributed by atoms with Crippen molar-refractivity contribution >= 4 is 17.2 Å². The molecular formula is C14H22N2OS. The first kappa shape index (κ1) is 15.1. The smallest absolute Gasteiger partial charge is 0.103 e. The standard InChI is InChI=1S/C14H22N2OS/c1-11(2)16(8-9-17-3)10-12-4-6-13(7-5-12)14(15)18/h4-7,11H,8-10H2,1-3H3,(H2,15,18). The van der Waals surface area contributed by atoms with Gasteiger partial charge in [0.25, 0.3) is 0 Å². The molecule has 0 aliphatic rings. The SMILES string of the molecule is COCCN(Cc1ccc(C(N)=S)cc1)C(C)C. The second kappa shape index (κ2) is 7.46. The monoisotopic (exact) mass is 266 g/mol. The van der Waals surface area contributed by atoms with Crippen LogP contribution in [-0.4, -0.2) is 36.2 Å². The predicted molar refractivity (Wildman–Crippen MR) is 79.8 cm³/mol. The fourth-order valence-electron chi connectivity index (χ4n) is 1.74. The highest BCUT2D eigenvalue weighted by Gasteiger charge is 2.09. The Morgan fingerprint density at radius 2 is 1.94 bits per heavy atom. The van der Waals surface area contributed by atoms with E-state index in [1.807, 2.05) is 12.1 Å². The van der Waals surface area contributed by atoms with Crippen molar-refractivity contribution in [1.82, 2.24) is 4.90 Å². The number of nitrogens with zero attached hydrogens (tertiary/aromatic N) is 1. The van der Waals surface area contributed by atoms with Crippen LogP contribution in [0.4, 0.5) is 0 Å². The van der Waals surface area contributed by atoms with Gasteiger partial charge >= 0.3 is 0 Å². The molecule has 0 heterocycles. The van der Waals surface area contributed by atoms with Crippen LogP contribution in [0.1, 0.15) is 25.0 Å². The third-order valence-corrected chi connectivity index (χ3v) is 3.17. The Morgan fingerprint density at radius 3 is 2.39 bits per heavy atom. The molecule has 100 valence electrons. The van der Waals surface area contributed by atoms with Crippen LogP contribution < -0.4 is 5.73 Å². The molecule has 4 heteroatoms. The Hall–Kier alpha value is -0.970. The minimum atomic E-state index is 0.446. The van der Waals surface area contributed by atoms with Crippen LogP contribution in [0.2, 0.25) is 0 Å². The molecule has 0 radical (unpaired) electrons. The van der Waals surface area contributed by atoms with Crippen LogP contribution in [0.5, 0.6) is 0 Å². The Labute approximate surface area is 115 Å². The van der Waals surface area contributed by atoms with E-state index in [0.717, 1.165) is 25.3 Å². The number of rotatable bonds is 7. The molecule has 1 aromatic carbocycles. The number of hydrogen-bond donors (Lipinski definition) is 1. The van der Waals surface area contributed by atoms with Gasteiger partial charge in [-0.1, -0.05) is 36.5 Å². The summed E-state index contributed by atoms with van der Waals surface area (Å²) in [4.78, 5) is 2.82. The fraction of sp³-hybridized carbons (Fsp3) is 0.500. The summed E-state index contributed by atoms with van der Waals surface area (Å²) >= 11 is 4.94. The van der Waals surface area contributed by atoms with Gasteiger partial charge in [0.05, 0.1) is 6.61 Å². The van der Waals surface area contributed by atoms with Crippen LogP contribution in [0.15, 0.2) is 24.3 Å². The highest BCUT2D eigenvalue weighted by molar-refractivity contribution is 7.80. The van der Waals surface area contributed by atoms with Crippen LogP contribution in [0.3, 0.4) is 0 Å². The van der Waals surface area contributed by atoms with Crippen molar-refractivity contribution in [2.24, 2.45) is 5.73 Å². The van der Waals surface area contributed by atoms with Crippen LogP contribution in [-0.2, 0) is 11.3 Å². The molecule has 3 nitrogen and oxygen atoms in total. The average Bonchev–Trinajstić information content (AvgIpc) is 2.34. The van der Waals surface area contributed by atoms with Gasteiger partial charge in [0.2, 0.25) is 0 Å². The van der Waals surface area contributed by atoms with Gasteiger partial charge in [0.15, 0.2) is 0 Å². The van der Waals surface area contributed by atoms with E-state index in [1.165, 1.54) is 5.56 Å². The molecule has 0 spiro atoms. The molecule has 1 aromatic rings. The second-order valence-corrected chi connectivity index (χ2v) is 5.06. The molecule has 0 aliphatic carbocycles. The molecular weight excluding hydrogens is 244 g/mol. The molecule has 0 saturated carbocycles. The summed E-state index contributed by atoms with van der Waals surface area (Å²) in [7, 11) is 1.73. The Kier molecular flexibility index (Phi) is 6.25. The zero-order valence-electron chi connectivity index (χ0n) is 11.3. The molecule has 0 aliphatic heterocycles. The number of ether oxygens (including phenoxy) is 1. The zero-order valence-corrected chi connectivity index (χ0v) is 12.2. The first-order chi connectivity index (χ1) is 8.54. The van der Waals surface area contributed by atoms with Gasteiger partial charge in [-0.05, 0) is 19.4 Å². The molecule has 0 fully saturated rings. The maximum atomic E-state index is 5.58. The van der Waals surface area contributed by atoms with Gasteiger partial charge in [0.1, 0.15) is 4.99 Å². The molecule has 0 atom stereocenters. The number of thiocarbonyl (C=S) groups is 1. The molecule has 0 aromatic heterocycles. The fourth-order valence-corrected chi connectivity index (χ4v) is 1.87. The summed E-state index contributed by atoms with van der Waals surface area (Å²) in [5.41, 5.74) is 7.77. The van der Waals surface area contributed by atoms with E-state index in [4.69, 9.17) is 22.7 Å². The summed E-state index contributed by atoms with van der Waals surface area (Å²) in [5.74, 6) is 0. The lowest BCUT2D eigenvalue weighted by atomic mass is 10.1. The van der Waals surface area contributed by atoms with E-state index in [-0.39, 0.29) is 0 Å². The van der Waals surface area contributed by atoms with Crippen LogP contribution in [0.25, 0.3) is 0 Å². The van der Waals surface area contributed by atoms with E-state index in [1.54, 1.807) is 7.11 Å². The van der Waals surface area contributed by atoms with Crippen molar-refractivity contribution in [3.8, 4) is 0 Å². The number of benzene rings is 1. The molecule has 0 bridgehead atoms. The Balaban J connectivity index is 2.65. The Morgan fingerprint density at radius 1 is 1.33 bits per heavy atom. The van der Waals surface area contributed by atoms with Gasteiger partial charge < -0.3 is 10.5 Å². The number of hydrogen-bond acceptors (Lipinski definition) is 3. The summed E-state index contributed by atoms with van der Waals surface area (Å²) in [6.07, 6.45) is 0. The van der Waals surface area contributed by atoms with Crippen molar-refractivity contribution in [3.05, 3.63) is 35.4 Å². The summed E-state index contributed by atoms with van der Waals surface area (Å²) in [6.45, 7) is 6.99. The first-order valence-corrected chi connectivity index (χ1v) is 6.57. The van der Waals surface area contributed by atoms with Gasteiger partial charge in [-0.3, -0.25) is 4.90 Å². The lowest BCUT2D eigenvalue weighted by Gasteiger charge is -2.26. The van der Waals surface area contributed by atoms with E-state index in [2.05, 4.69) is 30.9 Å². The van der Waals surface area contributed by atoms with Gasteiger partial charge in [-0.25, -0.2) is 0 Å². The summed E-state index contributed by atoms with van der Waals surface area (Å²) < 4.78 is 5.14. The Bertz CT molecular complexity index is 376. The third kappa shape index (κ3) is 4.72. The lowest BCUT2D eigenvalue weighted by molar-refractivity contribution is 0.125. The van der Waals surface area contributed by atoms with Gasteiger partial charge in [0, 0.05) is 31.8 Å². The molecule has 18 heavy (non-hydrogen) atoms. The largest absolute Gasteiger partial charge is 0.389 e. The highest BCUT2D eigenvalue weighted by Crippen LogP contribution is 2.10. The van der Waals surface area contributed by atoms with E-state index in [9.17, 15) is 0 Å². The second-order valence-electron chi connectivity index (χ2n) is 4.62. The first-order valence-electron chi connectivity index (χ1n) is 6.16. The molecule has 0 saturated heterocycles. The maximum Gasteiger partial charge on any atom is 0.103 e. The van der Waals surface area contributed by atoms with Gasteiger partial charge in [-0.15, -0.1) is 0 Å². The third-order valence-electron chi connectivity index (χ3n) is 2.94. The van der Waals surface area contributed by atoms with Crippen molar-refractivity contribution in [1.29, 1.82) is 0 Å². The van der Waals surface area contributed by atoms with Gasteiger partial charge in [-0.2, -0.15) is 0 Å². The number of methoxy groups -OCH3 is 1. The van der Waals surface area contributed by atoms with Crippen molar-refractivity contribution < 1.29 is 4.74 Å². The van der Waals surface area contributed by atoms with Crippen molar-refractivity contribution in [2.45, 2.75) is 26.4 Å². The van der Waals surface area contributed by atoms with E-state index < -0.39 is 0 Å². The summed E-state index contributed by atoms with van der Waals surface area (Å²) in [5, 5.41) is 0. The average molecular weight is 266 g/mol. The van der Waals surface area contributed by atoms with Crippen LogP contribution in [0, 0.1) is 0 Å². The minimum Gasteiger partial charge on any atom is -0.389 e. The van der Waals surface area contributed by atoms with Crippen molar-refractivity contribution in [3.63, 3.8) is 0 Å². The summed E-state index contributed by atoms with van der Waals surface area (Å²) in [6, 6.07) is 8.61. The van der Waals surface area contributed by atoms with Crippen LogP contribution >= 0.6 is 12.2 Å². The van der Waals surface area contributed by atoms with Crippen molar-refractivity contribution in [2.75, 3.05) is 20.3 Å². The minimum absolute atomic E-state index is 0.446.